The molecule has 2 fully saturated rings. The van der Waals surface area contributed by atoms with E-state index in [1.54, 1.807) is 24.1 Å². The van der Waals surface area contributed by atoms with Crippen molar-refractivity contribution in [2.45, 2.75) is 69.7 Å². The van der Waals surface area contributed by atoms with Crippen LogP contribution in [0, 0.1) is 5.95 Å². The SMILES string of the molecule is CN1C(=O)c2c(nn(Cc3ccc(-c4cccc(F)n4)cc3)c2OC2CCCC2)N2C1=N[C@@H]1CCC[C@@H]12. The molecule has 9 heteroatoms. The number of carbonyl (C=O) groups excluding carboxylic acids is 1. The van der Waals surface area contributed by atoms with Crippen molar-refractivity contribution in [2.75, 3.05) is 11.9 Å². The van der Waals surface area contributed by atoms with Gasteiger partial charge in [0.25, 0.3) is 5.91 Å². The summed E-state index contributed by atoms with van der Waals surface area (Å²) in [4.78, 5) is 26.3. The van der Waals surface area contributed by atoms with Crippen molar-refractivity contribution in [3.8, 4) is 17.1 Å². The Morgan fingerprint density at radius 3 is 2.62 bits per heavy atom. The Hall–Kier alpha value is -3.75. The van der Waals surface area contributed by atoms with E-state index < -0.39 is 5.95 Å². The Bertz CT molecular complexity index is 1390. The number of benzene rings is 1. The van der Waals surface area contributed by atoms with Crippen LogP contribution in [0.3, 0.4) is 0 Å². The van der Waals surface area contributed by atoms with Gasteiger partial charge < -0.3 is 4.74 Å². The number of halogens is 1. The number of aliphatic imine (C=N–C) groups is 1. The largest absolute Gasteiger partial charge is 0.474 e. The lowest BCUT2D eigenvalue weighted by Gasteiger charge is -2.33. The molecule has 0 radical (unpaired) electrons. The maximum absolute atomic E-state index is 13.6. The number of amides is 1. The third kappa shape index (κ3) is 3.70. The summed E-state index contributed by atoms with van der Waals surface area (Å²) in [5, 5.41) is 5.00. The molecular weight excluding hydrogens is 471 g/mol. The van der Waals surface area contributed by atoms with Crippen molar-refractivity contribution in [1.29, 1.82) is 0 Å². The minimum absolute atomic E-state index is 0.0898. The second-order valence-electron chi connectivity index (χ2n) is 10.5. The molecule has 0 bridgehead atoms. The predicted octanol–water partition coefficient (Wildman–Crippen LogP) is 4.64. The van der Waals surface area contributed by atoms with Crippen LogP contribution in [0.25, 0.3) is 11.3 Å². The molecule has 37 heavy (non-hydrogen) atoms. The van der Waals surface area contributed by atoms with Gasteiger partial charge >= 0.3 is 0 Å². The predicted molar refractivity (Wildman–Crippen MR) is 137 cm³/mol. The molecule has 0 saturated heterocycles. The lowest BCUT2D eigenvalue weighted by molar-refractivity contribution is 0.0856. The second-order valence-corrected chi connectivity index (χ2v) is 10.5. The number of ether oxygens (including phenoxy) is 1. The first kappa shape index (κ1) is 22.4. The van der Waals surface area contributed by atoms with E-state index >= 15 is 0 Å². The third-order valence-corrected chi connectivity index (χ3v) is 8.08. The molecule has 4 aliphatic rings. The van der Waals surface area contributed by atoms with Gasteiger partial charge in [0.1, 0.15) is 11.7 Å². The van der Waals surface area contributed by atoms with Gasteiger partial charge in [0, 0.05) is 12.6 Å². The van der Waals surface area contributed by atoms with E-state index in [1.165, 1.54) is 6.07 Å². The van der Waals surface area contributed by atoms with Crippen LogP contribution in [0.2, 0.25) is 0 Å². The summed E-state index contributed by atoms with van der Waals surface area (Å²) in [5.41, 5.74) is 2.98. The number of fused-ring (bicyclic) bond motifs is 5. The van der Waals surface area contributed by atoms with Crippen LogP contribution >= 0.6 is 0 Å². The van der Waals surface area contributed by atoms with E-state index in [4.69, 9.17) is 14.8 Å². The molecule has 3 aromatic rings. The van der Waals surface area contributed by atoms with Crippen molar-refractivity contribution in [2.24, 2.45) is 4.99 Å². The van der Waals surface area contributed by atoms with Gasteiger partial charge in [0.15, 0.2) is 5.82 Å². The fourth-order valence-electron chi connectivity index (χ4n) is 6.19. The van der Waals surface area contributed by atoms with Gasteiger partial charge in [-0.05, 0) is 62.6 Å². The van der Waals surface area contributed by atoms with Gasteiger partial charge in [-0.3, -0.25) is 14.6 Å². The van der Waals surface area contributed by atoms with E-state index in [0.717, 1.165) is 56.1 Å². The minimum atomic E-state index is -0.499. The third-order valence-electron chi connectivity index (χ3n) is 8.08. The van der Waals surface area contributed by atoms with Crippen molar-refractivity contribution < 1.29 is 13.9 Å². The van der Waals surface area contributed by atoms with E-state index in [9.17, 15) is 9.18 Å². The molecule has 7 rings (SSSR count). The Morgan fingerprint density at radius 2 is 1.84 bits per heavy atom. The van der Waals surface area contributed by atoms with E-state index in [1.807, 2.05) is 28.9 Å². The maximum Gasteiger partial charge on any atom is 0.269 e. The summed E-state index contributed by atoms with van der Waals surface area (Å²) in [6, 6.07) is 13.1. The average molecular weight is 501 g/mol. The van der Waals surface area contributed by atoms with Gasteiger partial charge in [0.2, 0.25) is 17.8 Å². The molecule has 190 valence electrons. The number of anilines is 1. The van der Waals surface area contributed by atoms with Gasteiger partial charge in [-0.25, -0.2) is 14.7 Å². The fraction of sp³-hybridized carbons (Fsp3) is 0.429. The molecule has 2 aliphatic heterocycles. The highest BCUT2D eigenvalue weighted by Gasteiger charge is 2.50. The Morgan fingerprint density at radius 1 is 1.03 bits per heavy atom. The zero-order valence-corrected chi connectivity index (χ0v) is 20.8. The normalized spacial score (nSPS) is 22.8. The standard InChI is InChI=1S/C28H29FN6O2/c1-33-26(36)24-25(35-22-10-4-9-21(22)31-28(33)35)32-34(27(24)37-19-6-2-3-7-19)16-17-12-14-18(15-13-17)20-8-5-11-23(29)30-20/h5,8,11-15,19,21-22H,2-4,6-7,9-10,16H2,1H3/t21-,22+/m1/s1. The van der Waals surface area contributed by atoms with Crippen LogP contribution in [-0.4, -0.2) is 56.8 Å². The fourth-order valence-corrected chi connectivity index (χ4v) is 6.19. The second kappa shape index (κ2) is 8.68. The van der Waals surface area contributed by atoms with Crippen LogP contribution in [0.1, 0.15) is 60.9 Å². The number of carbonyl (C=O) groups is 1. The molecule has 0 spiro atoms. The molecule has 2 aliphatic carbocycles. The lowest BCUT2D eigenvalue weighted by atomic mass is 10.1. The van der Waals surface area contributed by atoms with Crippen molar-refractivity contribution >= 4 is 17.7 Å². The number of pyridine rings is 1. The molecule has 4 heterocycles. The molecule has 8 nitrogen and oxygen atoms in total. The summed E-state index contributed by atoms with van der Waals surface area (Å²) in [5.74, 6) is 1.31. The summed E-state index contributed by atoms with van der Waals surface area (Å²) in [6.07, 6.45) is 7.55. The maximum atomic E-state index is 13.6. The molecule has 1 amide bonds. The topological polar surface area (TPSA) is 75.8 Å². The van der Waals surface area contributed by atoms with Gasteiger partial charge in [-0.15, -0.1) is 0 Å². The summed E-state index contributed by atoms with van der Waals surface area (Å²) in [7, 11) is 1.80. The van der Waals surface area contributed by atoms with Crippen LogP contribution in [-0.2, 0) is 6.54 Å². The Labute approximate surface area is 214 Å². The van der Waals surface area contributed by atoms with Crippen molar-refractivity contribution in [1.82, 2.24) is 19.7 Å². The number of guanidine groups is 1. The number of nitrogens with zero attached hydrogens (tertiary/aromatic N) is 6. The van der Waals surface area contributed by atoms with Crippen LogP contribution in [0.4, 0.5) is 10.2 Å². The quantitative estimate of drug-likeness (QED) is 0.477. The van der Waals surface area contributed by atoms with Crippen LogP contribution in [0.15, 0.2) is 47.5 Å². The van der Waals surface area contributed by atoms with Gasteiger partial charge in [-0.2, -0.15) is 9.49 Å². The molecule has 0 unspecified atom stereocenters. The molecule has 2 saturated carbocycles. The highest BCUT2D eigenvalue weighted by atomic mass is 19.1. The first-order valence-electron chi connectivity index (χ1n) is 13.2. The Kier molecular flexibility index (Phi) is 5.26. The number of hydrogen-bond acceptors (Lipinski definition) is 6. The molecule has 2 aromatic heterocycles. The van der Waals surface area contributed by atoms with E-state index in [-0.39, 0.29) is 24.1 Å². The summed E-state index contributed by atoms with van der Waals surface area (Å²) < 4.78 is 22.0. The molecular formula is C28H29FN6O2. The Balaban J connectivity index is 1.26. The summed E-state index contributed by atoms with van der Waals surface area (Å²) >= 11 is 0. The highest BCUT2D eigenvalue weighted by Crippen LogP contribution is 2.43. The molecule has 2 atom stereocenters. The van der Waals surface area contributed by atoms with Crippen LogP contribution in [0.5, 0.6) is 5.88 Å². The van der Waals surface area contributed by atoms with Gasteiger partial charge in [0.05, 0.1) is 24.3 Å². The van der Waals surface area contributed by atoms with Crippen molar-refractivity contribution in [3.05, 3.63) is 59.5 Å². The zero-order chi connectivity index (χ0) is 25.1. The average Bonchev–Trinajstić information content (AvgIpc) is 3.68. The van der Waals surface area contributed by atoms with E-state index in [0.29, 0.717) is 35.5 Å². The van der Waals surface area contributed by atoms with Crippen LogP contribution < -0.4 is 9.64 Å². The number of rotatable bonds is 5. The zero-order valence-electron chi connectivity index (χ0n) is 20.8. The minimum Gasteiger partial charge on any atom is -0.474 e. The van der Waals surface area contributed by atoms with Gasteiger partial charge in [-0.1, -0.05) is 30.3 Å². The smallest absolute Gasteiger partial charge is 0.269 e. The van der Waals surface area contributed by atoms with E-state index in [2.05, 4.69) is 9.88 Å². The monoisotopic (exact) mass is 500 g/mol. The van der Waals surface area contributed by atoms with Crippen molar-refractivity contribution in [3.63, 3.8) is 0 Å². The highest BCUT2D eigenvalue weighted by molar-refractivity contribution is 6.19. The lowest BCUT2D eigenvalue weighted by Crippen LogP contribution is -2.51. The first-order valence-corrected chi connectivity index (χ1v) is 13.2. The number of aromatic nitrogens is 3. The first-order chi connectivity index (χ1) is 18.1. The summed E-state index contributed by atoms with van der Waals surface area (Å²) in [6.45, 7) is 0.456. The molecule has 1 aromatic carbocycles. The molecule has 0 N–H and O–H groups in total. The number of hydrogen-bond donors (Lipinski definition) is 0.